The largest absolute Gasteiger partial charge is 0.259 e. The normalized spacial score (nSPS) is 16.7. The van der Waals surface area contributed by atoms with Gasteiger partial charge in [-0.15, -0.1) is 11.6 Å². The average Bonchev–Trinajstić information content (AvgIpc) is 2.04. The molecule has 1 aromatic heterocycles. The van der Waals surface area contributed by atoms with Crippen molar-refractivity contribution in [2.24, 2.45) is 5.41 Å². The number of rotatable bonds is 1. The van der Waals surface area contributed by atoms with Crippen molar-refractivity contribution in [3.05, 3.63) is 30.1 Å². The van der Waals surface area contributed by atoms with E-state index in [-0.39, 0.29) is 5.41 Å². The van der Waals surface area contributed by atoms with Crippen LogP contribution in [-0.2, 0) is 4.87 Å². The number of nitrogens with zero attached hydrogens (tertiary/aromatic N) is 1. The smallest absolute Gasteiger partial charge is 0.0885 e. The summed E-state index contributed by atoms with van der Waals surface area (Å²) in [5, 5.41) is 0. The zero-order valence-electron chi connectivity index (χ0n) is 8.63. The predicted octanol–water partition coefficient (Wildman–Crippen LogP) is 3.58. The molecule has 1 atom stereocenters. The Balaban J connectivity index is 3.08. The topological polar surface area (TPSA) is 12.9 Å². The van der Waals surface area contributed by atoms with Gasteiger partial charge in [0, 0.05) is 6.20 Å². The van der Waals surface area contributed by atoms with Crippen LogP contribution in [0.5, 0.6) is 0 Å². The van der Waals surface area contributed by atoms with Crippen LogP contribution >= 0.6 is 11.6 Å². The predicted molar refractivity (Wildman–Crippen MR) is 56.9 cm³/mol. The van der Waals surface area contributed by atoms with Gasteiger partial charge in [0.2, 0.25) is 0 Å². The maximum Gasteiger partial charge on any atom is 0.0885 e. The molecular weight excluding hydrogens is 182 g/mol. The second kappa shape index (κ2) is 3.30. The van der Waals surface area contributed by atoms with Gasteiger partial charge in [-0.1, -0.05) is 26.8 Å². The lowest BCUT2D eigenvalue weighted by molar-refractivity contribution is 0.291. The summed E-state index contributed by atoms with van der Waals surface area (Å²) in [5.41, 5.74) is 0.937. The molecule has 0 aliphatic rings. The molecule has 1 unspecified atom stereocenters. The molecule has 0 N–H and O–H groups in total. The van der Waals surface area contributed by atoms with E-state index in [0.29, 0.717) is 0 Å². The fourth-order valence-electron chi connectivity index (χ4n) is 1.02. The van der Waals surface area contributed by atoms with E-state index in [1.807, 2.05) is 25.1 Å². The van der Waals surface area contributed by atoms with E-state index in [1.165, 1.54) is 0 Å². The molecule has 1 heterocycles. The third-order valence-corrected chi connectivity index (χ3v) is 3.31. The number of hydrogen-bond donors (Lipinski definition) is 0. The monoisotopic (exact) mass is 197 g/mol. The first-order chi connectivity index (χ1) is 5.86. The van der Waals surface area contributed by atoms with E-state index >= 15 is 0 Å². The standard InChI is InChI=1S/C11H16ClN/c1-10(2,3)11(4,12)9-7-5-6-8-13-9/h5-8H,1-4H3. The van der Waals surface area contributed by atoms with Crippen LogP contribution in [0, 0.1) is 5.41 Å². The van der Waals surface area contributed by atoms with E-state index in [0.717, 1.165) is 5.69 Å². The summed E-state index contributed by atoms with van der Waals surface area (Å²) in [6.07, 6.45) is 1.78. The molecule has 0 amide bonds. The van der Waals surface area contributed by atoms with Crippen LogP contribution in [0.1, 0.15) is 33.4 Å². The Morgan fingerprint density at radius 3 is 2.15 bits per heavy atom. The molecule has 0 aliphatic heterocycles. The zero-order chi connectivity index (χ0) is 10.1. The minimum absolute atomic E-state index is 0.00289. The summed E-state index contributed by atoms with van der Waals surface area (Å²) in [6.45, 7) is 8.37. The molecule has 0 saturated carbocycles. The van der Waals surface area contributed by atoms with Crippen molar-refractivity contribution < 1.29 is 0 Å². The van der Waals surface area contributed by atoms with Crippen LogP contribution in [0.3, 0.4) is 0 Å². The summed E-state index contributed by atoms with van der Waals surface area (Å²) in [6, 6.07) is 5.84. The fourth-order valence-corrected chi connectivity index (χ4v) is 1.14. The fraction of sp³-hybridized carbons (Fsp3) is 0.545. The molecular formula is C11H16ClN. The summed E-state index contributed by atoms with van der Waals surface area (Å²) >= 11 is 6.48. The Morgan fingerprint density at radius 1 is 1.15 bits per heavy atom. The molecule has 0 aromatic carbocycles. The van der Waals surface area contributed by atoms with Gasteiger partial charge < -0.3 is 0 Å². The van der Waals surface area contributed by atoms with Gasteiger partial charge in [-0.3, -0.25) is 4.98 Å². The highest BCUT2D eigenvalue weighted by Crippen LogP contribution is 2.43. The highest BCUT2D eigenvalue weighted by molar-refractivity contribution is 6.24. The maximum absolute atomic E-state index is 6.48. The lowest BCUT2D eigenvalue weighted by Gasteiger charge is -2.35. The van der Waals surface area contributed by atoms with Crippen molar-refractivity contribution >= 4 is 11.6 Å². The minimum atomic E-state index is -0.408. The van der Waals surface area contributed by atoms with E-state index in [9.17, 15) is 0 Å². The summed E-state index contributed by atoms with van der Waals surface area (Å²) in [4.78, 5) is 3.88. The van der Waals surface area contributed by atoms with Crippen LogP contribution < -0.4 is 0 Å². The molecule has 0 spiro atoms. The van der Waals surface area contributed by atoms with Crippen LogP contribution in [0.4, 0.5) is 0 Å². The Kier molecular flexibility index (Phi) is 2.67. The SMILES string of the molecule is CC(C)(C)C(C)(Cl)c1ccccn1. The number of hydrogen-bond acceptors (Lipinski definition) is 1. The average molecular weight is 198 g/mol. The van der Waals surface area contributed by atoms with Crippen LogP contribution in [0.25, 0.3) is 0 Å². The van der Waals surface area contributed by atoms with E-state index in [4.69, 9.17) is 11.6 Å². The van der Waals surface area contributed by atoms with Gasteiger partial charge in [-0.2, -0.15) is 0 Å². The van der Waals surface area contributed by atoms with Crippen molar-refractivity contribution in [2.75, 3.05) is 0 Å². The summed E-state index contributed by atoms with van der Waals surface area (Å²) < 4.78 is 0. The van der Waals surface area contributed by atoms with Gasteiger partial charge in [-0.25, -0.2) is 0 Å². The lowest BCUT2D eigenvalue weighted by atomic mass is 9.79. The second-order valence-corrected chi connectivity index (χ2v) is 5.22. The molecule has 0 aliphatic carbocycles. The minimum Gasteiger partial charge on any atom is -0.259 e. The Bertz CT molecular complexity index is 272. The zero-order valence-corrected chi connectivity index (χ0v) is 9.39. The first-order valence-corrected chi connectivity index (χ1v) is 4.84. The third-order valence-electron chi connectivity index (χ3n) is 2.55. The van der Waals surface area contributed by atoms with Crippen LogP contribution in [-0.4, -0.2) is 4.98 Å². The highest BCUT2D eigenvalue weighted by Gasteiger charge is 2.38. The molecule has 13 heavy (non-hydrogen) atoms. The van der Waals surface area contributed by atoms with Gasteiger partial charge in [0.05, 0.1) is 10.6 Å². The summed E-state index contributed by atoms with van der Waals surface area (Å²) in [7, 11) is 0. The highest BCUT2D eigenvalue weighted by atomic mass is 35.5. The van der Waals surface area contributed by atoms with Gasteiger partial charge in [-0.05, 0) is 24.5 Å². The molecule has 72 valence electrons. The van der Waals surface area contributed by atoms with Crippen molar-refractivity contribution in [2.45, 2.75) is 32.6 Å². The van der Waals surface area contributed by atoms with Crippen molar-refractivity contribution in [3.8, 4) is 0 Å². The second-order valence-electron chi connectivity index (χ2n) is 4.47. The third kappa shape index (κ3) is 2.02. The Hall–Kier alpha value is -0.560. The van der Waals surface area contributed by atoms with Gasteiger partial charge in [0.15, 0.2) is 0 Å². The molecule has 1 rings (SSSR count). The van der Waals surface area contributed by atoms with E-state index < -0.39 is 4.87 Å². The number of pyridine rings is 1. The molecule has 1 aromatic rings. The molecule has 0 saturated heterocycles. The summed E-state index contributed by atoms with van der Waals surface area (Å²) in [5.74, 6) is 0. The van der Waals surface area contributed by atoms with E-state index in [2.05, 4.69) is 25.8 Å². The van der Waals surface area contributed by atoms with Gasteiger partial charge in [0.1, 0.15) is 0 Å². The van der Waals surface area contributed by atoms with Crippen molar-refractivity contribution in [1.82, 2.24) is 4.98 Å². The maximum atomic E-state index is 6.48. The molecule has 0 bridgehead atoms. The molecule has 0 radical (unpaired) electrons. The number of halogens is 1. The van der Waals surface area contributed by atoms with Crippen molar-refractivity contribution in [3.63, 3.8) is 0 Å². The van der Waals surface area contributed by atoms with Crippen molar-refractivity contribution in [1.29, 1.82) is 0 Å². The first kappa shape index (κ1) is 10.5. The van der Waals surface area contributed by atoms with Crippen LogP contribution in [0.15, 0.2) is 24.4 Å². The first-order valence-electron chi connectivity index (χ1n) is 4.46. The quantitative estimate of drug-likeness (QED) is 0.628. The number of aromatic nitrogens is 1. The molecule has 1 nitrogen and oxygen atoms in total. The van der Waals surface area contributed by atoms with Gasteiger partial charge in [0.25, 0.3) is 0 Å². The number of alkyl halides is 1. The molecule has 0 fully saturated rings. The van der Waals surface area contributed by atoms with E-state index in [1.54, 1.807) is 6.20 Å². The van der Waals surface area contributed by atoms with Gasteiger partial charge >= 0.3 is 0 Å². The Labute approximate surface area is 85.1 Å². The van der Waals surface area contributed by atoms with Crippen LogP contribution in [0.2, 0.25) is 0 Å². The Morgan fingerprint density at radius 2 is 1.77 bits per heavy atom. The molecule has 2 heteroatoms. The lowest BCUT2D eigenvalue weighted by Crippen LogP contribution is -2.32.